The lowest BCUT2D eigenvalue weighted by Crippen LogP contribution is -1.90. The number of ether oxygens (including phenoxy) is 2. The molecule has 5 nitrogen and oxygen atoms in total. The highest BCUT2D eigenvalue weighted by Crippen LogP contribution is 2.40. The molecule has 0 aliphatic carbocycles. The number of phenols is 1. The molecule has 2 aromatic rings. The summed E-state index contributed by atoms with van der Waals surface area (Å²) in [5.74, 6) is 1.20. The fourth-order valence-electron chi connectivity index (χ4n) is 1.40. The number of phenolic OH excluding ortho intramolecular Hbond substituents is 1. The number of nitrogens with zero attached hydrogens (tertiary/aromatic N) is 1. The molecule has 0 bridgehead atoms. The van der Waals surface area contributed by atoms with Crippen molar-refractivity contribution in [2.45, 2.75) is 0 Å². The van der Waals surface area contributed by atoms with E-state index in [-0.39, 0.29) is 5.75 Å². The van der Waals surface area contributed by atoms with E-state index in [1.54, 1.807) is 24.4 Å². The Morgan fingerprint density at radius 1 is 1.19 bits per heavy atom. The van der Waals surface area contributed by atoms with Crippen LogP contribution in [0.1, 0.15) is 0 Å². The van der Waals surface area contributed by atoms with Gasteiger partial charge in [0, 0.05) is 11.6 Å². The SMILES string of the molecule is COc1cc(-c2ccno2)cc(OC)c1O. The summed E-state index contributed by atoms with van der Waals surface area (Å²) in [6.07, 6.45) is 1.54. The van der Waals surface area contributed by atoms with Gasteiger partial charge in [-0.2, -0.15) is 0 Å². The van der Waals surface area contributed by atoms with E-state index in [2.05, 4.69) is 5.16 Å². The van der Waals surface area contributed by atoms with Crippen molar-refractivity contribution in [1.29, 1.82) is 0 Å². The molecular weight excluding hydrogens is 210 g/mol. The summed E-state index contributed by atoms with van der Waals surface area (Å²) in [7, 11) is 2.94. The summed E-state index contributed by atoms with van der Waals surface area (Å²) in [5.41, 5.74) is 0.726. The second-order valence-electron chi connectivity index (χ2n) is 3.11. The van der Waals surface area contributed by atoms with Crippen molar-refractivity contribution in [3.63, 3.8) is 0 Å². The van der Waals surface area contributed by atoms with Crippen LogP contribution in [0, 0.1) is 0 Å². The van der Waals surface area contributed by atoms with Crippen LogP contribution in [0.4, 0.5) is 0 Å². The van der Waals surface area contributed by atoms with Crippen LogP contribution in [0.15, 0.2) is 28.9 Å². The Morgan fingerprint density at radius 2 is 1.81 bits per heavy atom. The highest BCUT2D eigenvalue weighted by Gasteiger charge is 2.13. The van der Waals surface area contributed by atoms with Gasteiger partial charge in [0.15, 0.2) is 17.3 Å². The lowest BCUT2D eigenvalue weighted by molar-refractivity contribution is 0.339. The Morgan fingerprint density at radius 3 is 2.25 bits per heavy atom. The summed E-state index contributed by atoms with van der Waals surface area (Å²) in [4.78, 5) is 0. The van der Waals surface area contributed by atoms with E-state index in [0.717, 1.165) is 5.56 Å². The molecule has 0 spiro atoms. The van der Waals surface area contributed by atoms with Crippen LogP contribution in [-0.4, -0.2) is 24.5 Å². The molecule has 5 heteroatoms. The fourth-order valence-corrected chi connectivity index (χ4v) is 1.40. The second kappa shape index (κ2) is 4.14. The van der Waals surface area contributed by atoms with Crippen molar-refractivity contribution in [3.05, 3.63) is 24.4 Å². The first-order chi connectivity index (χ1) is 7.76. The molecule has 0 saturated carbocycles. The van der Waals surface area contributed by atoms with Gasteiger partial charge < -0.3 is 19.1 Å². The van der Waals surface area contributed by atoms with Crippen molar-refractivity contribution >= 4 is 0 Å². The first kappa shape index (κ1) is 10.4. The van der Waals surface area contributed by atoms with Crippen LogP contribution in [0.3, 0.4) is 0 Å². The molecule has 0 fully saturated rings. The van der Waals surface area contributed by atoms with Gasteiger partial charge in [0.2, 0.25) is 5.75 Å². The minimum absolute atomic E-state index is 0.0340. The molecule has 1 aromatic heterocycles. The van der Waals surface area contributed by atoms with Crippen molar-refractivity contribution in [3.8, 4) is 28.6 Å². The molecule has 0 radical (unpaired) electrons. The predicted octanol–water partition coefficient (Wildman–Crippen LogP) is 2.06. The third-order valence-corrected chi connectivity index (χ3v) is 2.20. The lowest BCUT2D eigenvalue weighted by Gasteiger charge is -2.09. The fraction of sp³-hybridized carbons (Fsp3) is 0.182. The summed E-state index contributed by atoms with van der Waals surface area (Å²) < 4.78 is 15.1. The van der Waals surface area contributed by atoms with E-state index in [1.807, 2.05) is 0 Å². The Bertz CT molecular complexity index is 454. The maximum atomic E-state index is 9.71. The van der Waals surface area contributed by atoms with Crippen molar-refractivity contribution < 1.29 is 19.1 Å². The number of rotatable bonds is 3. The third kappa shape index (κ3) is 1.67. The van der Waals surface area contributed by atoms with E-state index in [4.69, 9.17) is 14.0 Å². The van der Waals surface area contributed by atoms with Gasteiger partial charge in [0.25, 0.3) is 0 Å². The first-order valence-corrected chi connectivity index (χ1v) is 4.62. The number of hydrogen-bond donors (Lipinski definition) is 1. The van der Waals surface area contributed by atoms with Crippen LogP contribution in [-0.2, 0) is 0 Å². The summed E-state index contributed by atoms with van der Waals surface area (Å²) >= 11 is 0. The molecule has 1 aromatic carbocycles. The molecule has 1 N–H and O–H groups in total. The average Bonchev–Trinajstić information content (AvgIpc) is 2.83. The van der Waals surface area contributed by atoms with Crippen LogP contribution < -0.4 is 9.47 Å². The van der Waals surface area contributed by atoms with E-state index >= 15 is 0 Å². The largest absolute Gasteiger partial charge is 0.502 e. The minimum Gasteiger partial charge on any atom is -0.502 e. The van der Waals surface area contributed by atoms with Crippen molar-refractivity contribution in [2.24, 2.45) is 0 Å². The van der Waals surface area contributed by atoms with E-state index in [1.165, 1.54) is 14.2 Å². The molecule has 2 rings (SSSR count). The zero-order valence-corrected chi connectivity index (χ0v) is 8.93. The van der Waals surface area contributed by atoms with Gasteiger partial charge in [0.05, 0.1) is 20.4 Å². The molecule has 1 heterocycles. The Balaban J connectivity index is 2.56. The Labute approximate surface area is 92.2 Å². The van der Waals surface area contributed by atoms with Gasteiger partial charge in [0.1, 0.15) is 0 Å². The molecule has 0 atom stereocenters. The number of aromatic nitrogens is 1. The summed E-state index contributed by atoms with van der Waals surface area (Å²) in [6.45, 7) is 0. The van der Waals surface area contributed by atoms with Gasteiger partial charge in [-0.1, -0.05) is 5.16 Å². The van der Waals surface area contributed by atoms with Gasteiger partial charge in [-0.15, -0.1) is 0 Å². The topological polar surface area (TPSA) is 64.7 Å². The van der Waals surface area contributed by atoms with Gasteiger partial charge >= 0.3 is 0 Å². The molecule has 0 aliphatic heterocycles. The van der Waals surface area contributed by atoms with Crippen LogP contribution in [0.2, 0.25) is 0 Å². The number of hydrogen-bond acceptors (Lipinski definition) is 5. The molecule has 0 saturated heterocycles. The standard InChI is InChI=1S/C11H11NO4/c1-14-9-5-7(8-3-4-12-16-8)6-10(15-2)11(9)13/h3-6,13H,1-2H3. The monoisotopic (exact) mass is 221 g/mol. The highest BCUT2D eigenvalue weighted by atomic mass is 16.5. The molecule has 16 heavy (non-hydrogen) atoms. The first-order valence-electron chi connectivity index (χ1n) is 4.62. The molecule has 84 valence electrons. The normalized spacial score (nSPS) is 10.1. The number of benzene rings is 1. The summed E-state index contributed by atoms with van der Waals surface area (Å²) in [6, 6.07) is 5.02. The molecule has 0 aliphatic rings. The summed E-state index contributed by atoms with van der Waals surface area (Å²) in [5, 5.41) is 13.3. The van der Waals surface area contributed by atoms with Crippen LogP contribution >= 0.6 is 0 Å². The van der Waals surface area contributed by atoms with Gasteiger partial charge in [-0.3, -0.25) is 0 Å². The molecule has 0 unspecified atom stereocenters. The van der Waals surface area contributed by atoms with Gasteiger partial charge in [-0.05, 0) is 12.1 Å². The molecular formula is C11H11NO4. The Hall–Kier alpha value is -2.17. The maximum absolute atomic E-state index is 9.71. The van der Waals surface area contributed by atoms with E-state index in [9.17, 15) is 5.11 Å². The number of methoxy groups -OCH3 is 2. The molecule has 0 amide bonds. The van der Waals surface area contributed by atoms with Crippen molar-refractivity contribution in [2.75, 3.05) is 14.2 Å². The van der Waals surface area contributed by atoms with Gasteiger partial charge in [-0.25, -0.2) is 0 Å². The van der Waals surface area contributed by atoms with E-state index < -0.39 is 0 Å². The third-order valence-electron chi connectivity index (χ3n) is 2.20. The smallest absolute Gasteiger partial charge is 0.200 e. The predicted molar refractivity (Wildman–Crippen MR) is 56.7 cm³/mol. The van der Waals surface area contributed by atoms with E-state index in [0.29, 0.717) is 17.3 Å². The number of aromatic hydroxyl groups is 1. The second-order valence-corrected chi connectivity index (χ2v) is 3.11. The highest BCUT2D eigenvalue weighted by molar-refractivity contribution is 5.66. The lowest BCUT2D eigenvalue weighted by atomic mass is 10.1. The van der Waals surface area contributed by atoms with Crippen LogP contribution in [0.25, 0.3) is 11.3 Å². The minimum atomic E-state index is -0.0340. The quantitative estimate of drug-likeness (QED) is 0.859. The Kier molecular flexibility index (Phi) is 2.68. The zero-order chi connectivity index (χ0) is 11.5. The zero-order valence-electron chi connectivity index (χ0n) is 8.93. The van der Waals surface area contributed by atoms with Crippen molar-refractivity contribution in [1.82, 2.24) is 5.16 Å². The maximum Gasteiger partial charge on any atom is 0.200 e. The van der Waals surface area contributed by atoms with Crippen LogP contribution in [0.5, 0.6) is 17.2 Å². The average molecular weight is 221 g/mol.